The molecule has 10 heteroatoms. The van der Waals surface area contributed by atoms with E-state index < -0.39 is 6.10 Å². The van der Waals surface area contributed by atoms with Gasteiger partial charge in [-0.2, -0.15) is 19.6 Å². The highest BCUT2D eigenvalue weighted by Gasteiger charge is 2.23. The number of aliphatic hydroxyl groups excluding tert-OH is 1. The Kier molecular flexibility index (Phi) is 8.95. The minimum Gasteiger partial charge on any atom is -0.391 e. The summed E-state index contributed by atoms with van der Waals surface area (Å²) in [6, 6.07) is 16.5. The van der Waals surface area contributed by atoms with Gasteiger partial charge >= 0.3 is 0 Å². The molecule has 5 aromatic rings. The molecule has 1 aliphatic heterocycles. The smallest absolute Gasteiger partial charge is 0.229 e. The van der Waals surface area contributed by atoms with E-state index in [9.17, 15) is 9.90 Å². The second kappa shape index (κ2) is 13.6. The minimum absolute atomic E-state index is 0.128. The van der Waals surface area contributed by atoms with E-state index in [1.807, 2.05) is 30.6 Å². The predicted octanol–water partition coefficient (Wildman–Crippen LogP) is 5.68. The molecule has 2 atom stereocenters. The Morgan fingerprint density at radius 1 is 1.13 bits per heavy atom. The molecule has 4 heterocycles. The fraction of sp³-hybridized carbons (Fsp3) is 0.378. The summed E-state index contributed by atoms with van der Waals surface area (Å²) in [6.45, 7) is 6.83. The second-order valence-electron chi connectivity index (χ2n) is 13.0. The first-order valence-corrected chi connectivity index (χ1v) is 16.7. The maximum absolute atomic E-state index is 12.8. The van der Waals surface area contributed by atoms with Crippen molar-refractivity contribution in [2.45, 2.75) is 64.5 Å². The molecule has 7 rings (SSSR count). The summed E-state index contributed by atoms with van der Waals surface area (Å²) in [6.07, 6.45) is 9.69. The number of Topliss-reactive ketones (excluding diaryl/α,β-unsaturated/α-hetero) is 1. The number of β-amino-alcohol motifs (C(OH)–C–C–N with tert-alkyl or cyclic N) is 1. The first-order chi connectivity index (χ1) is 22.9. The third kappa shape index (κ3) is 6.61. The largest absolute Gasteiger partial charge is 0.391 e. The molecule has 1 saturated heterocycles. The number of nitrogens with zero attached hydrogens (tertiary/aromatic N) is 5. The Hall–Kier alpha value is -4.67. The van der Waals surface area contributed by atoms with Gasteiger partial charge in [0.2, 0.25) is 11.9 Å². The number of anilines is 2. The molecule has 10 nitrogen and oxygen atoms in total. The monoisotopic (exact) mass is 630 g/mol. The predicted molar refractivity (Wildman–Crippen MR) is 185 cm³/mol. The van der Waals surface area contributed by atoms with Crippen LogP contribution < -0.4 is 16.0 Å². The van der Waals surface area contributed by atoms with Crippen LogP contribution in [0, 0.1) is 5.92 Å². The van der Waals surface area contributed by atoms with Crippen LogP contribution in [0.2, 0.25) is 0 Å². The van der Waals surface area contributed by atoms with E-state index in [0.717, 1.165) is 82.2 Å². The summed E-state index contributed by atoms with van der Waals surface area (Å²) in [5.74, 6) is 1.69. The van der Waals surface area contributed by atoms with E-state index in [4.69, 9.17) is 15.0 Å². The van der Waals surface area contributed by atoms with Gasteiger partial charge in [-0.05, 0) is 66.3 Å². The van der Waals surface area contributed by atoms with E-state index in [1.165, 1.54) is 0 Å². The van der Waals surface area contributed by atoms with E-state index >= 15 is 0 Å². The van der Waals surface area contributed by atoms with Gasteiger partial charge in [-0.3, -0.25) is 9.78 Å². The number of ketones is 1. The first-order valence-electron chi connectivity index (χ1n) is 16.7. The maximum atomic E-state index is 12.8. The third-order valence-corrected chi connectivity index (χ3v) is 9.43. The average molecular weight is 631 g/mol. The van der Waals surface area contributed by atoms with E-state index in [0.29, 0.717) is 38.0 Å². The van der Waals surface area contributed by atoms with Gasteiger partial charge in [-0.15, -0.1) is 0 Å². The van der Waals surface area contributed by atoms with E-state index in [1.54, 1.807) is 4.52 Å². The van der Waals surface area contributed by atoms with Crippen molar-refractivity contribution in [1.29, 1.82) is 0 Å². The van der Waals surface area contributed by atoms with Gasteiger partial charge in [0.05, 0.1) is 18.0 Å². The summed E-state index contributed by atoms with van der Waals surface area (Å²) in [5.41, 5.74) is 6.78. The molecule has 1 aliphatic carbocycles. The Balaban J connectivity index is 1.15. The molecule has 242 valence electrons. The van der Waals surface area contributed by atoms with Crippen LogP contribution in [0.15, 0.2) is 72.6 Å². The summed E-state index contributed by atoms with van der Waals surface area (Å²) in [5, 5.41) is 27.4. The molecule has 0 spiro atoms. The molecule has 0 radical (unpaired) electrons. The Morgan fingerprint density at radius 2 is 2.02 bits per heavy atom. The molecule has 4 N–H and O–H groups in total. The number of carbonyl (C=O) groups is 1. The van der Waals surface area contributed by atoms with Crippen molar-refractivity contribution >= 4 is 34.1 Å². The van der Waals surface area contributed by atoms with Crippen molar-refractivity contribution in [3.8, 4) is 11.3 Å². The number of hydrogen-bond acceptors (Lipinski definition) is 9. The molecular weight excluding hydrogens is 588 g/mol. The number of carbonyl (C=O) groups excluding carboxylic acids is 1. The summed E-state index contributed by atoms with van der Waals surface area (Å²) in [7, 11) is 0. The minimum atomic E-state index is -0.401. The number of nitrogens with one attached hydrogen (secondary N) is 3. The SMILES string of the molecule is CC(C)c1cnn2c(NCc3ccccc3-c3nccc4cc(CC(=O)C5=CCCC5)ccc34)nc(NC[C@H]3CCNC[C@@H]3O)nc12. The van der Waals surface area contributed by atoms with Crippen LogP contribution in [-0.4, -0.2) is 61.2 Å². The lowest BCUT2D eigenvalue weighted by Gasteiger charge is -2.28. The van der Waals surface area contributed by atoms with Gasteiger partial charge in [0.1, 0.15) is 0 Å². The molecular formula is C37H42N8O2. The third-order valence-electron chi connectivity index (χ3n) is 9.43. The topological polar surface area (TPSA) is 129 Å². The molecule has 2 aromatic carbocycles. The molecule has 0 saturated carbocycles. The molecule has 47 heavy (non-hydrogen) atoms. The maximum Gasteiger partial charge on any atom is 0.229 e. The van der Waals surface area contributed by atoms with E-state index in [-0.39, 0.29) is 17.6 Å². The van der Waals surface area contributed by atoms with Gasteiger partial charge in [0.25, 0.3) is 0 Å². The highest BCUT2D eigenvalue weighted by atomic mass is 16.3. The Bertz CT molecular complexity index is 1950. The number of benzene rings is 2. The van der Waals surface area contributed by atoms with Crippen LogP contribution in [0.25, 0.3) is 27.7 Å². The molecule has 0 unspecified atom stereocenters. The average Bonchev–Trinajstić information content (AvgIpc) is 3.78. The zero-order chi connectivity index (χ0) is 32.3. The van der Waals surface area contributed by atoms with Crippen molar-refractivity contribution in [1.82, 2.24) is 29.9 Å². The van der Waals surface area contributed by atoms with Crippen molar-refractivity contribution in [2.24, 2.45) is 5.92 Å². The van der Waals surface area contributed by atoms with Crippen molar-refractivity contribution in [3.05, 3.63) is 89.3 Å². The quantitative estimate of drug-likeness (QED) is 0.146. The number of piperidine rings is 1. The fourth-order valence-corrected chi connectivity index (χ4v) is 6.71. The number of aromatic nitrogens is 5. The number of allylic oxidation sites excluding steroid dienone is 2. The Labute approximate surface area is 274 Å². The lowest BCUT2D eigenvalue weighted by atomic mass is 9.95. The van der Waals surface area contributed by atoms with Crippen LogP contribution in [0.1, 0.15) is 62.1 Å². The van der Waals surface area contributed by atoms with Gasteiger partial charge in [-0.25, -0.2) is 0 Å². The van der Waals surface area contributed by atoms with Gasteiger partial charge in [-0.1, -0.05) is 62.4 Å². The van der Waals surface area contributed by atoms with Crippen LogP contribution in [-0.2, 0) is 17.8 Å². The van der Waals surface area contributed by atoms with Crippen LogP contribution >= 0.6 is 0 Å². The lowest BCUT2D eigenvalue weighted by molar-refractivity contribution is -0.115. The summed E-state index contributed by atoms with van der Waals surface area (Å²) >= 11 is 0. The van der Waals surface area contributed by atoms with E-state index in [2.05, 4.69) is 71.3 Å². The standard InChI is InChI=1S/C37H42N8O2/c1-23(2)31-21-42-45-35(31)43-36(40-20-28-13-15-38-22-33(28)47)44-37(45)41-19-27-9-5-6-10-29(27)34-30-12-11-24(17-26(30)14-16-39-34)18-32(46)25-7-3-4-8-25/h5-7,9-12,14,16-17,21,23,28,33,38,47H,3-4,8,13,15,18-20,22H2,1-2H3,(H2,40,41,43,44)/t28-,33+/m1/s1. The molecule has 1 fully saturated rings. The summed E-state index contributed by atoms with van der Waals surface area (Å²) in [4.78, 5) is 27.3. The van der Waals surface area contributed by atoms with Gasteiger partial charge in [0, 0.05) is 54.7 Å². The molecule has 0 amide bonds. The molecule has 2 aliphatic rings. The summed E-state index contributed by atoms with van der Waals surface area (Å²) < 4.78 is 1.77. The lowest BCUT2D eigenvalue weighted by Crippen LogP contribution is -2.43. The van der Waals surface area contributed by atoms with Gasteiger partial charge < -0.3 is 21.1 Å². The van der Waals surface area contributed by atoms with Crippen LogP contribution in [0.3, 0.4) is 0 Å². The first kappa shape index (κ1) is 31.0. The molecule has 3 aromatic heterocycles. The number of aliphatic hydroxyl groups is 1. The Morgan fingerprint density at radius 3 is 2.85 bits per heavy atom. The van der Waals surface area contributed by atoms with Crippen LogP contribution in [0.4, 0.5) is 11.9 Å². The number of hydrogen-bond donors (Lipinski definition) is 4. The highest BCUT2D eigenvalue weighted by molar-refractivity contribution is 5.99. The van der Waals surface area contributed by atoms with Crippen molar-refractivity contribution < 1.29 is 9.90 Å². The highest BCUT2D eigenvalue weighted by Crippen LogP contribution is 2.31. The van der Waals surface area contributed by atoms with Crippen LogP contribution in [0.5, 0.6) is 0 Å². The molecule has 0 bridgehead atoms. The fourth-order valence-electron chi connectivity index (χ4n) is 6.71. The number of rotatable bonds is 11. The normalized spacial score (nSPS) is 18.2. The van der Waals surface area contributed by atoms with Crippen molar-refractivity contribution in [2.75, 3.05) is 30.3 Å². The number of pyridine rings is 1. The zero-order valence-electron chi connectivity index (χ0n) is 27.0. The second-order valence-corrected chi connectivity index (χ2v) is 13.0. The van der Waals surface area contributed by atoms with Crippen molar-refractivity contribution in [3.63, 3.8) is 0 Å². The number of fused-ring (bicyclic) bond motifs is 2. The zero-order valence-corrected chi connectivity index (χ0v) is 27.0. The van der Waals surface area contributed by atoms with Gasteiger partial charge in [0.15, 0.2) is 11.4 Å².